The molecule has 0 aliphatic carbocycles. The van der Waals surface area contributed by atoms with E-state index in [1.54, 1.807) is 0 Å². The van der Waals surface area contributed by atoms with Crippen LogP contribution in [0, 0.1) is 5.82 Å². The van der Waals surface area contributed by atoms with Crippen molar-refractivity contribution < 1.29 is 18.7 Å². The maximum Gasteiger partial charge on any atom is 0.254 e. The van der Waals surface area contributed by atoms with E-state index in [2.05, 4.69) is 20.2 Å². The summed E-state index contributed by atoms with van der Waals surface area (Å²) < 4.78 is 28.6. The number of carbonyl (C=O) groups is 1. The van der Waals surface area contributed by atoms with Gasteiger partial charge in [-0.2, -0.15) is 0 Å². The maximum absolute atomic E-state index is 15.2. The molecule has 0 bridgehead atoms. The zero-order valence-corrected chi connectivity index (χ0v) is 17.1. The molecule has 2 unspecified atom stereocenters. The molecule has 3 aliphatic rings. The number of anilines is 1. The molecule has 8 nitrogen and oxygen atoms in total. The van der Waals surface area contributed by atoms with E-state index in [-0.39, 0.29) is 36.0 Å². The van der Waals surface area contributed by atoms with Crippen LogP contribution >= 0.6 is 0 Å². The summed E-state index contributed by atoms with van der Waals surface area (Å²) >= 11 is 0. The Kier molecular flexibility index (Phi) is 4.57. The highest BCUT2D eigenvalue weighted by atomic mass is 19.1. The molecule has 1 saturated heterocycles. The van der Waals surface area contributed by atoms with E-state index in [4.69, 9.17) is 15.2 Å². The molecule has 1 fully saturated rings. The number of carbonyl (C=O) groups excluding carboxylic acids is 1. The van der Waals surface area contributed by atoms with E-state index in [0.29, 0.717) is 49.6 Å². The molecule has 5 rings (SSSR count). The number of hydrogen-bond donors (Lipinski definition) is 3. The summed E-state index contributed by atoms with van der Waals surface area (Å²) in [7, 11) is 0. The molecule has 4 N–H and O–H groups in total. The Morgan fingerprint density at radius 2 is 2.27 bits per heavy atom. The van der Waals surface area contributed by atoms with Crippen LogP contribution in [-0.2, 0) is 29.2 Å². The highest BCUT2D eigenvalue weighted by Crippen LogP contribution is 2.35. The lowest BCUT2D eigenvalue weighted by Gasteiger charge is -2.31. The fourth-order valence-electron chi connectivity index (χ4n) is 4.38. The monoisotopic (exact) mass is 415 g/mol. The molecule has 0 spiro atoms. The first-order valence-corrected chi connectivity index (χ1v) is 10.3. The number of rotatable bonds is 3. The quantitative estimate of drug-likeness (QED) is 0.706. The second-order valence-corrected chi connectivity index (χ2v) is 8.83. The second kappa shape index (κ2) is 7.04. The average Bonchev–Trinajstić information content (AvgIpc) is 3.28. The first-order chi connectivity index (χ1) is 14.3. The van der Waals surface area contributed by atoms with E-state index >= 15 is 4.39 Å². The largest absolute Gasteiger partial charge is 0.380 e. The van der Waals surface area contributed by atoms with Crippen LogP contribution in [0.1, 0.15) is 41.9 Å². The Balaban J connectivity index is 1.57. The van der Waals surface area contributed by atoms with Crippen molar-refractivity contribution in [3.05, 3.63) is 34.9 Å². The molecular weight excluding hydrogens is 389 g/mol. The molecule has 2 aromatic rings. The summed E-state index contributed by atoms with van der Waals surface area (Å²) in [4.78, 5) is 17.1. The van der Waals surface area contributed by atoms with Crippen molar-refractivity contribution in [3.63, 3.8) is 0 Å². The summed E-state index contributed by atoms with van der Waals surface area (Å²) in [6.45, 7) is 6.37. The minimum atomic E-state index is -0.501. The average molecular weight is 415 g/mol. The number of hydrogen-bond acceptors (Lipinski definition) is 6. The third kappa shape index (κ3) is 3.27. The maximum atomic E-state index is 15.2. The van der Waals surface area contributed by atoms with E-state index in [9.17, 15) is 4.79 Å². The van der Waals surface area contributed by atoms with Crippen molar-refractivity contribution in [3.8, 4) is 11.3 Å². The van der Waals surface area contributed by atoms with Gasteiger partial charge in [-0.3, -0.25) is 4.79 Å². The topological polar surface area (TPSA) is 103 Å². The highest BCUT2D eigenvalue weighted by Gasteiger charge is 2.33. The molecule has 160 valence electrons. The summed E-state index contributed by atoms with van der Waals surface area (Å²) in [6.07, 6.45) is 2.63. The normalized spacial score (nSPS) is 24.9. The van der Waals surface area contributed by atoms with E-state index in [0.717, 1.165) is 11.3 Å². The zero-order chi connectivity index (χ0) is 21.0. The fourth-order valence-corrected chi connectivity index (χ4v) is 4.38. The van der Waals surface area contributed by atoms with Gasteiger partial charge in [0.1, 0.15) is 0 Å². The van der Waals surface area contributed by atoms with Gasteiger partial charge in [0, 0.05) is 48.3 Å². The Hall–Kier alpha value is -2.49. The summed E-state index contributed by atoms with van der Waals surface area (Å²) in [5, 5.41) is 5.89. The van der Waals surface area contributed by atoms with Gasteiger partial charge in [0.2, 0.25) is 0 Å². The van der Waals surface area contributed by atoms with Crippen LogP contribution in [0.25, 0.3) is 11.3 Å². The van der Waals surface area contributed by atoms with Crippen LogP contribution in [0.3, 0.4) is 0 Å². The van der Waals surface area contributed by atoms with Crippen molar-refractivity contribution in [1.29, 1.82) is 0 Å². The first kappa shape index (κ1) is 19.5. The molecule has 0 saturated carbocycles. The smallest absolute Gasteiger partial charge is 0.254 e. The van der Waals surface area contributed by atoms with Crippen molar-refractivity contribution >= 4 is 11.7 Å². The predicted octanol–water partition coefficient (Wildman–Crippen LogP) is 1.77. The molecular formula is C21H26FN5O3. The number of fused-ring (bicyclic) bond motifs is 2. The van der Waals surface area contributed by atoms with E-state index in [1.807, 2.05) is 26.1 Å². The number of amides is 1. The number of nitrogens with one attached hydrogen (secondary N) is 2. The lowest BCUT2D eigenvalue weighted by atomic mass is 10.0. The van der Waals surface area contributed by atoms with Crippen molar-refractivity contribution in [1.82, 2.24) is 14.9 Å². The van der Waals surface area contributed by atoms with Crippen LogP contribution in [-0.4, -0.2) is 46.4 Å². The van der Waals surface area contributed by atoms with Crippen molar-refractivity contribution in [2.45, 2.75) is 57.6 Å². The van der Waals surface area contributed by atoms with Gasteiger partial charge in [-0.15, -0.1) is 0 Å². The third-order valence-electron chi connectivity index (χ3n) is 6.03. The SMILES string of the molecule is CC1(C)Cn2cc(-c3nc(NC4CCOCC4N)c(F)c4c3C(=O)NC4)cc2CO1. The van der Waals surface area contributed by atoms with Crippen LogP contribution < -0.4 is 16.4 Å². The number of nitrogens with zero attached hydrogens (tertiary/aromatic N) is 2. The highest BCUT2D eigenvalue weighted by molar-refractivity contribution is 6.04. The minimum Gasteiger partial charge on any atom is -0.380 e. The van der Waals surface area contributed by atoms with Crippen LogP contribution in [0.5, 0.6) is 0 Å². The number of pyridine rings is 1. The van der Waals surface area contributed by atoms with E-state index < -0.39 is 5.82 Å². The number of ether oxygens (including phenoxy) is 2. The van der Waals surface area contributed by atoms with Crippen LogP contribution in [0.15, 0.2) is 12.3 Å². The Labute approximate surface area is 173 Å². The fraction of sp³-hybridized carbons (Fsp3) is 0.524. The summed E-state index contributed by atoms with van der Waals surface area (Å²) in [5.41, 5.74) is 8.76. The minimum absolute atomic E-state index is 0.128. The molecule has 3 aliphatic heterocycles. The number of nitrogens with two attached hydrogens (primary N) is 1. The molecule has 0 aromatic carbocycles. The number of aromatic nitrogens is 2. The van der Waals surface area contributed by atoms with Gasteiger partial charge in [-0.25, -0.2) is 9.37 Å². The van der Waals surface area contributed by atoms with Crippen molar-refractivity contribution in [2.24, 2.45) is 5.73 Å². The molecule has 5 heterocycles. The Morgan fingerprint density at radius 1 is 1.43 bits per heavy atom. The van der Waals surface area contributed by atoms with E-state index in [1.165, 1.54) is 0 Å². The van der Waals surface area contributed by atoms with Gasteiger partial charge in [0.15, 0.2) is 11.6 Å². The second-order valence-electron chi connectivity index (χ2n) is 8.83. The molecule has 30 heavy (non-hydrogen) atoms. The molecule has 1 amide bonds. The van der Waals surface area contributed by atoms with Gasteiger partial charge >= 0.3 is 0 Å². The van der Waals surface area contributed by atoms with Gasteiger partial charge in [-0.05, 0) is 26.3 Å². The van der Waals surface area contributed by atoms with Crippen LogP contribution in [0.2, 0.25) is 0 Å². The first-order valence-electron chi connectivity index (χ1n) is 10.3. The summed E-state index contributed by atoms with van der Waals surface area (Å²) in [6, 6.07) is 1.57. The van der Waals surface area contributed by atoms with Crippen LogP contribution in [0.4, 0.5) is 10.2 Å². The Morgan fingerprint density at radius 3 is 3.07 bits per heavy atom. The lowest BCUT2D eigenvalue weighted by Crippen LogP contribution is -2.48. The van der Waals surface area contributed by atoms with Gasteiger partial charge in [0.25, 0.3) is 5.91 Å². The molecule has 2 aromatic heterocycles. The zero-order valence-electron chi connectivity index (χ0n) is 17.1. The van der Waals surface area contributed by atoms with Crippen molar-refractivity contribution in [2.75, 3.05) is 18.5 Å². The molecule has 9 heteroatoms. The molecule has 2 atom stereocenters. The lowest BCUT2D eigenvalue weighted by molar-refractivity contribution is -0.0625. The Bertz CT molecular complexity index is 1020. The third-order valence-corrected chi connectivity index (χ3v) is 6.03. The molecule has 0 radical (unpaired) electrons. The number of halogens is 1. The van der Waals surface area contributed by atoms with Gasteiger partial charge in [0.05, 0.1) is 36.6 Å². The van der Waals surface area contributed by atoms with Gasteiger partial charge in [-0.1, -0.05) is 0 Å². The standard InChI is InChI=1S/C21H26FN5O3/c1-21(2)10-27-7-11(5-12(27)8-30-21)18-16-13(6-24-20(16)28)17(22)19(26-18)25-15-3-4-29-9-14(15)23/h5,7,14-15H,3-4,6,8-10,23H2,1-2H3,(H,24,28)(H,25,26). The van der Waals surface area contributed by atoms with Gasteiger partial charge < -0.3 is 30.4 Å². The summed E-state index contributed by atoms with van der Waals surface area (Å²) in [5.74, 6) is -0.677. The predicted molar refractivity (Wildman–Crippen MR) is 108 cm³/mol.